The SMILES string of the molecule is Cc1nc(C(C)c2cc(Cl)c(F)c(C(=O)N[C@H]3CC[C@H](O)C3)c2OC(C)C)n2ccnc(N)c12. The highest BCUT2D eigenvalue weighted by molar-refractivity contribution is 6.31. The number of carbonyl (C=O) groups excluding carboxylic acids is 1. The smallest absolute Gasteiger partial charge is 0.258 e. The number of nitrogens with one attached hydrogen (secondary N) is 1. The number of benzene rings is 1. The van der Waals surface area contributed by atoms with Crippen LogP contribution in [0.3, 0.4) is 0 Å². The van der Waals surface area contributed by atoms with E-state index < -0.39 is 23.7 Å². The standard InChI is InChI=1S/C24H29ClFN5O3/c1-11(2)34-21-16(12(3)23-29-13(4)20-22(27)28-7-8-31(20)23)10-17(25)19(26)18(21)24(33)30-14-5-6-15(32)9-14/h7-8,10-12,14-15,32H,5-6,9H2,1-4H3,(H2,27,28)(H,30,33)/t12?,14-,15-/m0/s1. The molecule has 1 fully saturated rings. The number of halogens is 2. The predicted octanol–water partition coefficient (Wildman–Crippen LogP) is 3.99. The molecule has 0 bridgehead atoms. The van der Waals surface area contributed by atoms with Crippen LogP contribution in [-0.2, 0) is 0 Å². The number of imidazole rings is 1. The number of carbonyl (C=O) groups is 1. The summed E-state index contributed by atoms with van der Waals surface area (Å²) in [6, 6.07) is 1.24. The molecular formula is C24H29ClFN5O3. The molecule has 3 aromatic rings. The van der Waals surface area contributed by atoms with Crippen LogP contribution in [0.1, 0.15) is 73.4 Å². The van der Waals surface area contributed by atoms with Crippen molar-refractivity contribution in [2.24, 2.45) is 0 Å². The molecule has 4 N–H and O–H groups in total. The molecule has 1 saturated carbocycles. The number of aliphatic hydroxyl groups excluding tert-OH is 1. The third kappa shape index (κ3) is 4.42. The van der Waals surface area contributed by atoms with Crippen molar-refractivity contribution < 1.29 is 19.0 Å². The molecule has 10 heteroatoms. The van der Waals surface area contributed by atoms with Gasteiger partial charge in [-0.15, -0.1) is 0 Å². The van der Waals surface area contributed by atoms with Crippen LogP contribution in [0, 0.1) is 12.7 Å². The van der Waals surface area contributed by atoms with Crippen molar-refractivity contribution in [3.05, 3.63) is 51.9 Å². The minimum atomic E-state index is -0.845. The van der Waals surface area contributed by atoms with E-state index in [0.717, 1.165) is 0 Å². The van der Waals surface area contributed by atoms with E-state index in [0.29, 0.717) is 47.7 Å². The van der Waals surface area contributed by atoms with Crippen LogP contribution in [0.4, 0.5) is 10.2 Å². The van der Waals surface area contributed by atoms with E-state index in [9.17, 15) is 9.90 Å². The van der Waals surface area contributed by atoms with Crippen molar-refractivity contribution in [1.29, 1.82) is 0 Å². The second-order valence-electron chi connectivity index (χ2n) is 9.08. The molecule has 34 heavy (non-hydrogen) atoms. The number of nitrogen functional groups attached to an aromatic ring is 1. The van der Waals surface area contributed by atoms with E-state index in [1.54, 1.807) is 26.2 Å². The summed E-state index contributed by atoms with van der Waals surface area (Å²) in [5.41, 5.74) is 7.72. The van der Waals surface area contributed by atoms with Gasteiger partial charge in [-0.1, -0.05) is 18.5 Å². The number of fused-ring (bicyclic) bond motifs is 1. The molecule has 1 amide bonds. The van der Waals surface area contributed by atoms with Crippen LogP contribution >= 0.6 is 11.6 Å². The number of amides is 1. The normalized spacial score (nSPS) is 19.1. The molecule has 0 saturated heterocycles. The summed E-state index contributed by atoms with van der Waals surface area (Å²) >= 11 is 6.28. The maximum absolute atomic E-state index is 15.3. The number of hydrogen-bond donors (Lipinski definition) is 3. The monoisotopic (exact) mass is 489 g/mol. The topological polar surface area (TPSA) is 115 Å². The van der Waals surface area contributed by atoms with Gasteiger partial charge < -0.3 is 20.9 Å². The van der Waals surface area contributed by atoms with E-state index in [-0.39, 0.29) is 28.5 Å². The maximum atomic E-state index is 15.3. The van der Waals surface area contributed by atoms with Gasteiger partial charge in [0.1, 0.15) is 28.5 Å². The van der Waals surface area contributed by atoms with Gasteiger partial charge in [-0.3, -0.25) is 9.20 Å². The average molecular weight is 490 g/mol. The lowest BCUT2D eigenvalue weighted by molar-refractivity contribution is 0.0923. The van der Waals surface area contributed by atoms with Gasteiger partial charge in [0.25, 0.3) is 5.91 Å². The Kier molecular flexibility index (Phi) is 6.69. The molecule has 2 aromatic heterocycles. The first kappa shape index (κ1) is 24.2. The molecule has 0 radical (unpaired) electrons. The van der Waals surface area contributed by atoms with Gasteiger partial charge in [-0.2, -0.15) is 0 Å². The molecule has 182 valence electrons. The zero-order valence-electron chi connectivity index (χ0n) is 19.6. The van der Waals surface area contributed by atoms with Crippen LogP contribution in [0.2, 0.25) is 5.02 Å². The zero-order chi connectivity index (χ0) is 24.7. The molecule has 1 aliphatic rings. The summed E-state index contributed by atoms with van der Waals surface area (Å²) in [7, 11) is 0. The number of aromatic nitrogens is 3. The summed E-state index contributed by atoms with van der Waals surface area (Å²) in [6.07, 6.45) is 4.16. The lowest BCUT2D eigenvalue weighted by Gasteiger charge is -2.23. The lowest BCUT2D eigenvalue weighted by atomic mass is 9.95. The number of hydrogen-bond acceptors (Lipinski definition) is 6. The third-order valence-corrected chi connectivity index (χ3v) is 6.43. The minimum Gasteiger partial charge on any atom is -0.490 e. The summed E-state index contributed by atoms with van der Waals surface area (Å²) in [4.78, 5) is 22.1. The first-order valence-corrected chi connectivity index (χ1v) is 11.7. The molecule has 1 unspecified atom stereocenters. The average Bonchev–Trinajstić information content (AvgIpc) is 3.33. The summed E-state index contributed by atoms with van der Waals surface area (Å²) in [5, 5.41) is 12.5. The fourth-order valence-corrected chi connectivity index (χ4v) is 4.79. The quantitative estimate of drug-likeness (QED) is 0.482. The first-order valence-electron chi connectivity index (χ1n) is 11.3. The van der Waals surface area contributed by atoms with Gasteiger partial charge in [-0.25, -0.2) is 14.4 Å². The second-order valence-corrected chi connectivity index (χ2v) is 9.48. The number of aliphatic hydroxyl groups is 1. The number of aryl methyl sites for hydroxylation is 1. The number of rotatable bonds is 6. The molecule has 4 rings (SSSR count). The molecule has 1 aliphatic carbocycles. The van der Waals surface area contributed by atoms with Gasteiger partial charge >= 0.3 is 0 Å². The van der Waals surface area contributed by atoms with E-state index in [1.165, 1.54) is 6.07 Å². The van der Waals surface area contributed by atoms with Gasteiger partial charge in [0, 0.05) is 29.9 Å². The van der Waals surface area contributed by atoms with Crippen LogP contribution < -0.4 is 15.8 Å². The number of ether oxygens (including phenoxy) is 1. The highest BCUT2D eigenvalue weighted by Crippen LogP contribution is 2.40. The van der Waals surface area contributed by atoms with Crippen LogP contribution in [0.15, 0.2) is 18.5 Å². The second kappa shape index (κ2) is 9.38. The number of nitrogens with zero attached hydrogens (tertiary/aromatic N) is 3. The Morgan fingerprint density at radius 2 is 2.12 bits per heavy atom. The fourth-order valence-electron chi connectivity index (χ4n) is 4.58. The Balaban J connectivity index is 1.84. The minimum absolute atomic E-state index is 0.122. The number of anilines is 1. The molecule has 3 atom stereocenters. The van der Waals surface area contributed by atoms with Crippen molar-refractivity contribution in [2.75, 3.05) is 5.73 Å². The summed E-state index contributed by atoms with van der Waals surface area (Å²) in [6.45, 7) is 7.33. The Bertz CT molecular complexity index is 1250. The van der Waals surface area contributed by atoms with Crippen LogP contribution in [-0.4, -0.2) is 43.6 Å². The Morgan fingerprint density at radius 3 is 2.76 bits per heavy atom. The van der Waals surface area contributed by atoms with Gasteiger partial charge in [-0.05, 0) is 46.1 Å². The highest BCUT2D eigenvalue weighted by Gasteiger charge is 2.32. The van der Waals surface area contributed by atoms with Crippen molar-refractivity contribution in [3.8, 4) is 5.75 Å². The Morgan fingerprint density at radius 1 is 1.38 bits per heavy atom. The van der Waals surface area contributed by atoms with E-state index >= 15 is 4.39 Å². The summed E-state index contributed by atoms with van der Waals surface area (Å²) < 4.78 is 23.2. The molecule has 0 aliphatic heterocycles. The predicted molar refractivity (Wildman–Crippen MR) is 128 cm³/mol. The van der Waals surface area contributed by atoms with Crippen LogP contribution in [0.5, 0.6) is 5.75 Å². The van der Waals surface area contributed by atoms with Crippen molar-refractivity contribution in [1.82, 2.24) is 19.7 Å². The van der Waals surface area contributed by atoms with Gasteiger partial charge in [0.2, 0.25) is 0 Å². The highest BCUT2D eigenvalue weighted by atomic mass is 35.5. The first-order chi connectivity index (χ1) is 16.1. The number of nitrogens with two attached hydrogens (primary N) is 1. The lowest BCUT2D eigenvalue weighted by Crippen LogP contribution is -2.34. The molecule has 1 aromatic carbocycles. The molecular weight excluding hydrogens is 461 g/mol. The summed E-state index contributed by atoms with van der Waals surface area (Å²) in [5.74, 6) is -0.794. The van der Waals surface area contributed by atoms with Crippen molar-refractivity contribution in [3.63, 3.8) is 0 Å². The molecule has 0 spiro atoms. The van der Waals surface area contributed by atoms with E-state index in [4.69, 9.17) is 22.1 Å². The Hall–Kier alpha value is -2.91. The third-order valence-electron chi connectivity index (χ3n) is 6.16. The Labute approximate surface area is 202 Å². The van der Waals surface area contributed by atoms with Gasteiger partial charge in [0.05, 0.1) is 22.9 Å². The molecule has 8 nitrogen and oxygen atoms in total. The fraction of sp³-hybridized carbons (Fsp3) is 0.458. The van der Waals surface area contributed by atoms with Crippen LogP contribution in [0.25, 0.3) is 5.52 Å². The van der Waals surface area contributed by atoms with Crippen molar-refractivity contribution in [2.45, 2.75) is 71.1 Å². The maximum Gasteiger partial charge on any atom is 0.258 e. The largest absolute Gasteiger partial charge is 0.490 e. The van der Waals surface area contributed by atoms with E-state index in [1.807, 2.05) is 18.2 Å². The van der Waals surface area contributed by atoms with Gasteiger partial charge in [0.15, 0.2) is 5.82 Å². The van der Waals surface area contributed by atoms with E-state index in [2.05, 4.69) is 15.3 Å². The molecule has 2 heterocycles. The zero-order valence-corrected chi connectivity index (χ0v) is 20.4. The van der Waals surface area contributed by atoms with Crippen molar-refractivity contribution >= 4 is 28.8 Å².